The van der Waals surface area contributed by atoms with Gasteiger partial charge in [-0.3, -0.25) is 101 Å². The first kappa shape index (κ1) is 109. The number of carboxylic acids is 2. The van der Waals surface area contributed by atoms with Crippen LogP contribution in [-0.2, 0) is 104 Å². The maximum absolute atomic E-state index is 15.6. The van der Waals surface area contributed by atoms with Crippen LogP contribution in [0.15, 0.2) is 60.9 Å². The number of fused-ring (bicyclic) bond motifs is 4. The number of primary amides is 1. The molecule has 16 amide bonds. The monoisotopic (exact) mass is 1980 g/mol. The van der Waals surface area contributed by atoms with E-state index in [2.05, 4.69) is 84.0 Å². The fourth-order valence-corrected chi connectivity index (χ4v) is 21.0. The van der Waals surface area contributed by atoms with Crippen molar-refractivity contribution < 1.29 is 106 Å². The summed E-state index contributed by atoms with van der Waals surface area (Å²) >= 11 is 3.39. The van der Waals surface area contributed by atoms with Gasteiger partial charge in [0, 0.05) is 171 Å². The highest BCUT2D eigenvalue weighted by Crippen LogP contribution is 2.33. The second-order valence-corrected chi connectivity index (χ2v) is 40.0. The van der Waals surface area contributed by atoms with Crippen molar-refractivity contribution in [3.63, 3.8) is 0 Å². The van der Waals surface area contributed by atoms with Crippen molar-refractivity contribution in [2.45, 2.75) is 241 Å². The highest BCUT2D eigenvalue weighted by Gasteiger charge is 2.45. The zero-order valence-electron chi connectivity index (χ0n) is 78.9. The molecule has 10 fully saturated rings. The molecule has 43 nitrogen and oxygen atoms in total. The third kappa shape index (κ3) is 31.0. The Balaban J connectivity index is 0.986. The Morgan fingerprint density at radius 2 is 0.971 bits per heavy atom. The molecule has 2 aromatic heterocycles. The number of aliphatic hydroxyl groups is 1. The SMILES string of the molecule is CNCC(=O)CN[C@@H](C)C(=O)N[C@H]1CSCCC(=O)N2CCC(CC2)N2C3CCN(CC3)C(=O)CCSC[C@@H](C(N)=O)NC(=O)[C@@H]3CCCN3C(=O)[C@H](C(C)C)NC(=O)[C@H](Cc3c[nH]c4ccccc34)NC(=O)CNC(=O)[C@H](CC(=O)O)NC(=O)[C@H](C(C)C)NC(=O)[C@H](Cc3c[nH]c4ccccc34)NC(=O)[C@H](CSCCC(=O)N3CCC2CC3)NC(=O)[C@H](CCC(=O)O)NC(=O)[C@H]([C@@H](C)O)NC1=O. The average molecular weight is 1980 g/mol. The standard InChI is InChI=1S/C92H133N21O22S3/c1-50(2)78-90(133)102-67(41-77(122)123)83(126)98-46-72(116)99-65(39-54-42-96-62-15-10-8-13-60(54)62)85(128)107-79(51(3)4)92(135)112-29-12-17-71(112)89(132)103-68(81(93)124)47-136-36-26-73(117)109-30-20-56(21-31-109)113-57-22-32-110(33-23-57)74(118)27-37-137-48-69(87(130)101-66(86(129)106-78)40-55-43-97-63-16-11-9-14-61(55)63)105-84(127)64(18-19-76(120)121)100-91(134)80(53(6)114)108-88(131)70(104-82(125)52(5)95-45-59(115)44-94-7)49-138-38-28-75(119)111-34-24-58(113)25-35-111/h8-11,13-16,42-43,50-53,56-58,64-71,78-80,94-97,114H,12,17-41,44-49H2,1-7H3,(H2,93,124)(H,98,126)(H,99,116)(H,100,134)(H,101,130)(H,102,133)(H,103,132)(H,104,125)(H,105,127)(H,106,129)(H,107,128)(H,108,131)(H,120,121)(H,122,123)/t52-,53+,64-,65-,66-,67-,68-,69-,70-,71-,78-,79-,80-/m0/s1. The van der Waals surface area contributed by atoms with Crippen LogP contribution in [0.2, 0.25) is 0 Å². The maximum Gasteiger partial charge on any atom is 0.305 e. The molecule has 10 saturated heterocycles. The van der Waals surface area contributed by atoms with E-state index in [-0.39, 0.29) is 134 Å². The molecule has 10 aliphatic rings. The number of piperidine rings is 3. The van der Waals surface area contributed by atoms with Crippen molar-refractivity contribution >= 4 is 169 Å². The van der Waals surface area contributed by atoms with E-state index in [4.69, 9.17) is 5.73 Å². The minimum Gasteiger partial charge on any atom is -0.481 e. The lowest BCUT2D eigenvalue weighted by molar-refractivity contribution is -0.143. The average Bonchev–Trinajstić information content (AvgIpc) is 1.68. The molecule has 1 unspecified atom stereocenters. The molecule has 0 saturated carbocycles. The number of carbonyl (C=O) groups is 19. The number of amides is 16. The number of nitrogens with zero attached hydrogens (tertiary/aromatic N) is 5. The molecule has 0 aliphatic carbocycles. The Morgan fingerprint density at radius 1 is 0.493 bits per heavy atom. The maximum atomic E-state index is 15.6. The van der Waals surface area contributed by atoms with E-state index in [9.17, 15) is 92.0 Å². The summed E-state index contributed by atoms with van der Waals surface area (Å²) in [6, 6.07) is -4.72. The number of nitrogens with one attached hydrogen (secondary N) is 15. The van der Waals surface area contributed by atoms with Crippen LogP contribution in [0.1, 0.15) is 143 Å². The molecular formula is C92H133N21O22S3. The van der Waals surface area contributed by atoms with Crippen molar-refractivity contribution in [1.29, 1.82) is 0 Å². The van der Waals surface area contributed by atoms with Crippen LogP contribution in [0, 0.1) is 11.8 Å². The number of aromatic amines is 2. The number of aliphatic hydroxyl groups excluding tert-OH is 1. The molecule has 12 heterocycles. The number of likely N-dealkylation sites (N-methyl/N-ethyl adjacent to an activating group) is 1. The molecule has 20 N–H and O–H groups in total. The lowest BCUT2D eigenvalue weighted by Crippen LogP contribution is -2.62. The topological polar surface area (TPSA) is 615 Å². The number of hydrogen-bond acceptors (Lipinski definition) is 26. The molecule has 10 aliphatic heterocycles. The summed E-state index contributed by atoms with van der Waals surface area (Å²) in [7, 11) is 1.57. The number of rotatable bonds is 20. The van der Waals surface area contributed by atoms with E-state index in [1.165, 1.54) is 37.4 Å². The molecule has 8 bridgehead atoms. The van der Waals surface area contributed by atoms with Crippen LogP contribution in [0.5, 0.6) is 0 Å². The highest BCUT2D eigenvalue weighted by molar-refractivity contribution is 7.99. The van der Waals surface area contributed by atoms with Crippen molar-refractivity contribution in [3.8, 4) is 0 Å². The Morgan fingerprint density at radius 3 is 1.48 bits per heavy atom. The third-order valence-electron chi connectivity index (χ3n) is 25.8. The number of thioether (sulfide) groups is 3. The van der Waals surface area contributed by atoms with Crippen LogP contribution in [0.4, 0.5) is 0 Å². The minimum absolute atomic E-state index is 0.000613. The number of para-hydroxylation sites is 2. The van der Waals surface area contributed by atoms with E-state index in [0.717, 1.165) is 30.4 Å². The molecule has 0 radical (unpaired) electrons. The largest absolute Gasteiger partial charge is 0.481 e. The van der Waals surface area contributed by atoms with Gasteiger partial charge >= 0.3 is 11.9 Å². The van der Waals surface area contributed by atoms with Crippen LogP contribution in [0.3, 0.4) is 0 Å². The van der Waals surface area contributed by atoms with E-state index in [1.807, 2.05) is 0 Å². The third-order valence-corrected chi connectivity index (χ3v) is 29.0. The van der Waals surface area contributed by atoms with Crippen LogP contribution < -0.4 is 74.9 Å². The van der Waals surface area contributed by atoms with Crippen molar-refractivity contribution in [2.75, 3.05) is 107 Å². The van der Waals surface area contributed by atoms with E-state index in [0.29, 0.717) is 117 Å². The van der Waals surface area contributed by atoms with Gasteiger partial charge in [-0.25, -0.2) is 0 Å². The lowest BCUT2D eigenvalue weighted by atomic mass is 9.90. The van der Waals surface area contributed by atoms with Gasteiger partial charge in [0.25, 0.3) is 0 Å². The molecule has 2 aromatic carbocycles. The van der Waals surface area contributed by atoms with E-state index in [1.54, 1.807) is 96.5 Å². The number of hydrogen-bond donors (Lipinski definition) is 19. The first-order valence-electron chi connectivity index (χ1n) is 47.2. The number of benzene rings is 2. The quantitative estimate of drug-likeness (QED) is 0.0430. The molecule has 138 heavy (non-hydrogen) atoms. The Labute approximate surface area is 812 Å². The van der Waals surface area contributed by atoms with Crippen LogP contribution in [0.25, 0.3) is 21.8 Å². The van der Waals surface area contributed by atoms with Gasteiger partial charge in [0.15, 0.2) is 5.78 Å². The number of aromatic nitrogens is 2. The Hall–Kier alpha value is -11.5. The zero-order valence-corrected chi connectivity index (χ0v) is 81.4. The van der Waals surface area contributed by atoms with Crippen LogP contribution >= 0.6 is 35.3 Å². The van der Waals surface area contributed by atoms with Crippen molar-refractivity contribution in [2.24, 2.45) is 17.6 Å². The van der Waals surface area contributed by atoms with E-state index >= 15 is 14.4 Å². The van der Waals surface area contributed by atoms with Gasteiger partial charge in [0.1, 0.15) is 66.5 Å². The second-order valence-electron chi connectivity index (χ2n) is 36.6. The Kier molecular flexibility index (Phi) is 41.3. The van der Waals surface area contributed by atoms with Gasteiger partial charge in [-0.1, -0.05) is 64.1 Å². The fraction of sp³-hybridized carbons (Fsp3) is 0.620. The zero-order chi connectivity index (χ0) is 100. The summed E-state index contributed by atoms with van der Waals surface area (Å²) in [6.45, 7) is 10.1. The number of nitrogens with two attached hydrogens (primary N) is 1. The van der Waals surface area contributed by atoms with Gasteiger partial charge in [-0.15, -0.1) is 0 Å². The first-order valence-corrected chi connectivity index (χ1v) is 50.7. The predicted molar refractivity (Wildman–Crippen MR) is 514 cm³/mol. The van der Waals surface area contributed by atoms with Gasteiger partial charge in [-0.2, -0.15) is 35.3 Å². The van der Waals surface area contributed by atoms with Gasteiger partial charge < -0.3 is 114 Å². The summed E-state index contributed by atoms with van der Waals surface area (Å²) in [5.41, 5.74) is 8.18. The van der Waals surface area contributed by atoms with Crippen molar-refractivity contribution in [3.05, 3.63) is 72.1 Å². The van der Waals surface area contributed by atoms with E-state index < -0.39 is 205 Å². The van der Waals surface area contributed by atoms with Gasteiger partial charge in [0.2, 0.25) is 94.5 Å². The molecule has 4 aromatic rings. The minimum atomic E-state index is -1.97. The number of aliphatic carboxylic acids is 2. The summed E-state index contributed by atoms with van der Waals surface area (Å²) in [5, 5.41) is 67.0. The predicted octanol–water partition coefficient (Wildman–Crippen LogP) is -2.65. The summed E-state index contributed by atoms with van der Waals surface area (Å²) in [5.74, 6) is -18.4. The van der Waals surface area contributed by atoms with Gasteiger partial charge in [0.05, 0.1) is 38.2 Å². The first-order chi connectivity index (χ1) is 65.9. The second kappa shape index (κ2) is 52.5. The molecule has 0 spiro atoms. The molecule has 756 valence electrons. The molecule has 14 rings (SSSR count). The number of carboxylic acid groups (broad SMARTS) is 2. The molecule has 14 atom stereocenters. The lowest BCUT2D eigenvalue weighted by Gasteiger charge is -2.50. The normalized spacial score (nSPS) is 27.1. The van der Waals surface area contributed by atoms with Crippen molar-refractivity contribution in [1.82, 2.24) is 104 Å². The number of carbonyl (C=O) groups excluding carboxylic acids is 17. The number of H-pyrrole nitrogens is 2. The fourth-order valence-electron chi connectivity index (χ4n) is 18.1. The summed E-state index contributed by atoms with van der Waals surface area (Å²) in [4.78, 5) is 286. The summed E-state index contributed by atoms with van der Waals surface area (Å²) < 4.78 is 0. The summed E-state index contributed by atoms with van der Waals surface area (Å²) in [6.07, 6.45) is 2.28. The number of ketones is 1. The number of Topliss-reactive ketones (excluding diaryl/α,β-unsaturated/α-hetero) is 1. The highest BCUT2D eigenvalue weighted by atomic mass is 32.2. The Bertz CT molecular complexity index is 5010. The smallest absolute Gasteiger partial charge is 0.305 e. The van der Waals surface area contributed by atoms with Gasteiger partial charge in [-0.05, 0) is 114 Å². The molecular weight excluding hydrogens is 1850 g/mol. The van der Waals surface area contributed by atoms with Crippen LogP contribution in [-0.4, -0.2) is 366 Å². The molecule has 46 heteroatoms.